The van der Waals surface area contributed by atoms with Crippen molar-refractivity contribution in [3.8, 4) is 0 Å². The average Bonchev–Trinajstić information content (AvgIpc) is 3.11. The second-order valence-electron chi connectivity index (χ2n) is 6.08. The third-order valence-corrected chi connectivity index (χ3v) is 4.32. The van der Waals surface area contributed by atoms with Crippen LogP contribution in [0, 0.1) is 0 Å². The van der Waals surface area contributed by atoms with E-state index >= 15 is 0 Å². The predicted molar refractivity (Wildman–Crippen MR) is 74.7 cm³/mol. The van der Waals surface area contributed by atoms with Crippen LogP contribution < -0.4 is 10.6 Å². The van der Waals surface area contributed by atoms with Gasteiger partial charge in [0.15, 0.2) is 0 Å². The number of carbonyl (C=O) groups is 2. The van der Waals surface area contributed by atoms with Crippen LogP contribution in [0.2, 0.25) is 0 Å². The normalized spacial score (nSPS) is 26.4. The lowest BCUT2D eigenvalue weighted by atomic mass is 9.85. The molecular weight excluding hydrogens is 256 g/mol. The second-order valence-corrected chi connectivity index (χ2v) is 6.08. The molecule has 1 fully saturated rings. The van der Waals surface area contributed by atoms with E-state index in [1.807, 2.05) is 26.0 Å². The van der Waals surface area contributed by atoms with Crippen LogP contribution in [0.4, 0.5) is 10.5 Å². The molecule has 3 rings (SSSR count). The van der Waals surface area contributed by atoms with Crippen LogP contribution in [0.25, 0.3) is 0 Å². The summed E-state index contributed by atoms with van der Waals surface area (Å²) in [7, 11) is 1.80. The molecule has 1 heterocycles. The molecule has 0 spiro atoms. The van der Waals surface area contributed by atoms with Gasteiger partial charge in [-0.3, -0.25) is 4.79 Å². The Balaban J connectivity index is 1.90. The van der Waals surface area contributed by atoms with Gasteiger partial charge in [-0.1, -0.05) is 12.1 Å². The van der Waals surface area contributed by atoms with Crippen molar-refractivity contribution in [1.82, 2.24) is 0 Å². The molecular formula is C15H18N2O3. The van der Waals surface area contributed by atoms with Gasteiger partial charge >= 0.3 is 6.09 Å². The molecule has 1 aliphatic heterocycles. The van der Waals surface area contributed by atoms with Gasteiger partial charge in [0.25, 0.3) is 0 Å². The summed E-state index contributed by atoms with van der Waals surface area (Å²) in [5, 5.41) is 0. The topological polar surface area (TPSA) is 72.6 Å². The summed E-state index contributed by atoms with van der Waals surface area (Å²) >= 11 is 0. The molecule has 0 bridgehead atoms. The van der Waals surface area contributed by atoms with Gasteiger partial charge in [-0.05, 0) is 37.5 Å². The first-order chi connectivity index (χ1) is 9.32. The maximum Gasteiger partial charge on any atom is 0.404 e. The first-order valence-electron chi connectivity index (χ1n) is 6.71. The fourth-order valence-corrected chi connectivity index (χ4v) is 3.02. The number of nitrogens with two attached hydrogens (primary N) is 1. The van der Waals surface area contributed by atoms with Crippen LogP contribution in [0.15, 0.2) is 18.2 Å². The third-order valence-electron chi connectivity index (χ3n) is 4.32. The molecule has 5 heteroatoms. The Bertz CT molecular complexity index is 609. The van der Waals surface area contributed by atoms with Gasteiger partial charge in [0.2, 0.25) is 5.91 Å². The zero-order valence-corrected chi connectivity index (χ0v) is 11.8. The summed E-state index contributed by atoms with van der Waals surface area (Å²) in [4.78, 5) is 24.7. The number of ether oxygens (including phenoxy) is 1. The molecule has 20 heavy (non-hydrogen) atoms. The van der Waals surface area contributed by atoms with E-state index in [1.54, 1.807) is 11.9 Å². The Kier molecular flexibility index (Phi) is 2.58. The smallest absolute Gasteiger partial charge is 0.404 e. The SMILES string of the molecule is CN1C(=O)C(C)(C)c2cc(C3CC3OC(N)=O)ccc21. The van der Waals surface area contributed by atoms with Crippen molar-refractivity contribution in [2.45, 2.75) is 37.7 Å². The lowest BCUT2D eigenvalue weighted by Gasteiger charge is -2.16. The number of carbonyl (C=O) groups excluding carboxylic acids is 2. The summed E-state index contributed by atoms with van der Waals surface area (Å²) in [5.41, 5.74) is 7.62. The van der Waals surface area contributed by atoms with Gasteiger partial charge in [-0.2, -0.15) is 0 Å². The van der Waals surface area contributed by atoms with Gasteiger partial charge in [0.05, 0.1) is 5.41 Å². The fraction of sp³-hybridized carbons (Fsp3) is 0.467. The Morgan fingerprint density at radius 3 is 2.80 bits per heavy atom. The molecule has 0 aromatic heterocycles. The lowest BCUT2D eigenvalue weighted by molar-refractivity contribution is -0.121. The number of hydrogen-bond donors (Lipinski definition) is 1. The number of benzene rings is 1. The van der Waals surface area contributed by atoms with Crippen LogP contribution in [0.3, 0.4) is 0 Å². The zero-order chi connectivity index (χ0) is 14.7. The highest BCUT2D eigenvalue weighted by Crippen LogP contribution is 2.47. The monoisotopic (exact) mass is 274 g/mol. The van der Waals surface area contributed by atoms with E-state index in [-0.39, 0.29) is 17.9 Å². The Labute approximate surface area is 117 Å². The number of anilines is 1. The van der Waals surface area contributed by atoms with Crippen LogP contribution in [0.1, 0.15) is 37.3 Å². The lowest BCUT2D eigenvalue weighted by Crippen LogP contribution is -2.33. The highest BCUT2D eigenvalue weighted by atomic mass is 16.6. The number of primary amides is 1. The number of fused-ring (bicyclic) bond motifs is 1. The van der Waals surface area contributed by atoms with Crippen molar-refractivity contribution in [3.63, 3.8) is 0 Å². The van der Waals surface area contributed by atoms with Crippen molar-refractivity contribution < 1.29 is 14.3 Å². The third kappa shape index (κ3) is 1.77. The molecule has 1 aliphatic carbocycles. The first-order valence-corrected chi connectivity index (χ1v) is 6.71. The molecule has 1 saturated carbocycles. The Morgan fingerprint density at radius 2 is 2.15 bits per heavy atom. The molecule has 5 nitrogen and oxygen atoms in total. The molecule has 1 aromatic rings. The van der Waals surface area contributed by atoms with Crippen molar-refractivity contribution in [1.29, 1.82) is 0 Å². The van der Waals surface area contributed by atoms with Crippen molar-refractivity contribution in [2.75, 3.05) is 11.9 Å². The van der Waals surface area contributed by atoms with Gasteiger partial charge < -0.3 is 15.4 Å². The van der Waals surface area contributed by atoms with Gasteiger partial charge in [0.1, 0.15) is 6.10 Å². The van der Waals surface area contributed by atoms with E-state index < -0.39 is 11.5 Å². The minimum atomic E-state index is -0.728. The van der Waals surface area contributed by atoms with Crippen LogP contribution >= 0.6 is 0 Å². The summed E-state index contributed by atoms with van der Waals surface area (Å²) in [6.45, 7) is 3.87. The molecule has 1 aromatic carbocycles. The molecule has 0 radical (unpaired) electrons. The van der Waals surface area contributed by atoms with E-state index in [1.165, 1.54) is 0 Å². The maximum absolute atomic E-state index is 12.2. The van der Waals surface area contributed by atoms with E-state index in [4.69, 9.17) is 10.5 Å². The number of rotatable bonds is 2. The van der Waals surface area contributed by atoms with Crippen LogP contribution in [0.5, 0.6) is 0 Å². The highest BCUT2D eigenvalue weighted by Gasteiger charge is 2.45. The number of nitrogens with zero attached hydrogens (tertiary/aromatic N) is 1. The molecule has 2 amide bonds. The highest BCUT2D eigenvalue weighted by molar-refractivity contribution is 6.07. The molecule has 2 N–H and O–H groups in total. The number of hydrogen-bond acceptors (Lipinski definition) is 3. The molecule has 2 atom stereocenters. The number of amides is 2. The first kappa shape index (κ1) is 13.0. The van der Waals surface area contributed by atoms with Gasteiger partial charge in [-0.15, -0.1) is 0 Å². The zero-order valence-electron chi connectivity index (χ0n) is 11.8. The van der Waals surface area contributed by atoms with E-state index in [0.717, 1.165) is 23.2 Å². The van der Waals surface area contributed by atoms with E-state index in [0.29, 0.717) is 0 Å². The Morgan fingerprint density at radius 1 is 1.45 bits per heavy atom. The predicted octanol–water partition coefficient (Wildman–Crippen LogP) is 1.89. The second kappa shape index (κ2) is 3.98. The summed E-state index contributed by atoms with van der Waals surface area (Å²) in [6, 6.07) is 6.03. The van der Waals surface area contributed by atoms with Gasteiger partial charge in [-0.25, -0.2) is 4.79 Å². The van der Waals surface area contributed by atoms with Crippen molar-refractivity contribution in [3.05, 3.63) is 29.3 Å². The van der Waals surface area contributed by atoms with E-state index in [9.17, 15) is 9.59 Å². The average molecular weight is 274 g/mol. The largest absolute Gasteiger partial charge is 0.446 e. The molecule has 0 saturated heterocycles. The van der Waals surface area contributed by atoms with Gasteiger partial charge in [0, 0.05) is 18.7 Å². The molecule has 2 unspecified atom stereocenters. The molecule has 2 aliphatic rings. The minimum Gasteiger partial charge on any atom is -0.446 e. The summed E-state index contributed by atoms with van der Waals surface area (Å²) < 4.78 is 5.00. The Hall–Kier alpha value is -2.04. The summed E-state index contributed by atoms with van der Waals surface area (Å²) in [6.07, 6.45) is -0.0521. The summed E-state index contributed by atoms with van der Waals surface area (Å²) in [5.74, 6) is 0.301. The van der Waals surface area contributed by atoms with E-state index in [2.05, 4.69) is 6.07 Å². The standard InChI is InChI=1S/C15H18N2O3/c1-15(2)10-6-8(9-7-12(9)20-14(16)19)4-5-11(10)17(3)13(15)18/h4-6,9,12H,7H2,1-3H3,(H2,16,19). The van der Waals surface area contributed by atoms with Crippen LogP contribution in [-0.4, -0.2) is 25.2 Å². The van der Waals surface area contributed by atoms with Crippen LogP contribution in [-0.2, 0) is 14.9 Å². The quantitative estimate of drug-likeness (QED) is 0.895. The molecule has 106 valence electrons. The van der Waals surface area contributed by atoms with Crippen molar-refractivity contribution in [2.24, 2.45) is 5.73 Å². The maximum atomic E-state index is 12.2. The fourth-order valence-electron chi connectivity index (χ4n) is 3.02. The number of likely N-dealkylation sites (N-methyl/N-ethyl adjacent to an activating group) is 1. The minimum absolute atomic E-state index is 0.102. The van der Waals surface area contributed by atoms with Crippen molar-refractivity contribution >= 4 is 17.7 Å².